The molecule has 1 heterocycles. The lowest BCUT2D eigenvalue weighted by Crippen LogP contribution is -2.05. The maximum Gasteiger partial charge on any atom is 0.296 e. The molecule has 0 aliphatic rings. The summed E-state index contributed by atoms with van der Waals surface area (Å²) in [5.74, 6) is -1.48. The third-order valence-electron chi connectivity index (χ3n) is 6.93. The van der Waals surface area contributed by atoms with Crippen LogP contribution < -0.4 is 16.4 Å². The van der Waals surface area contributed by atoms with E-state index in [4.69, 9.17) is 22.6 Å². The summed E-state index contributed by atoms with van der Waals surface area (Å²) in [5, 5.41) is 36.9. The maximum absolute atomic E-state index is 12.4. The average Bonchev–Trinajstić information content (AvgIpc) is 3.08. The van der Waals surface area contributed by atoms with Crippen molar-refractivity contribution in [3.63, 3.8) is 0 Å². The Morgan fingerprint density at radius 1 is 0.868 bits per heavy atom. The number of aromatic hydroxyl groups is 1. The molecule has 5 aromatic rings. The second-order valence-electron chi connectivity index (χ2n) is 10.3. The van der Waals surface area contributed by atoms with Gasteiger partial charge in [-0.2, -0.15) is 31.8 Å². The van der Waals surface area contributed by atoms with Crippen LogP contribution in [0.1, 0.15) is 5.56 Å². The van der Waals surface area contributed by atoms with Gasteiger partial charge in [0.2, 0.25) is 17.2 Å². The lowest BCUT2D eigenvalue weighted by molar-refractivity contribution is -0.432. The molecule has 0 unspecified atom stereocenters. The van der Waals surface area contributed by atoms with E-state index >= 15 is 0 Å². The number of phenolic OH excluding ortho intramolecular Hbond substituents is 1. The molecule has 5 rings (SSSR count). The highest BCUT2D eigenvalue weighted by atomic mass is 35.5. The zero-order valence-corrected chi connectivity index (χ0v) is 30.2. The number of nitrogens with one attached hydrogen (secondary N) is 2. The summed E-state index contributed by atoms with van der Waals surface area (Å²) in [6.07, 6.45) is 0. The molecule has 25 heteroatoms. The van der Waals surface area contributed by atoms with Crippen molar-refractivity contribution in [1.82, 2.24) is 15.0 Å². The van der Waals surface area contributed by atoms with E-state index in [1.165, 1.54) is 42.5 Å². The van der Waals surface area contributed by atoms with E-state index in [1.54, 1.807) is 0 Å². The summed E-state index contributed by atoms with van der Waals surface area (Å²) in [5.41, 5.74) is 5.32. The van der Waals surface area contributed by atoms with Gasteiger partial charge in [-0.3, -0.25) is 9.11 Å². The van der Waals surface area contributed by atoms with Crippen molar-refractivity contribution in [2.45, 2.75) is 20.4 Å². The van der Waals surface area contributed by atoms with E-state index in [9.17, 15) is 39.5 Å². The first kappa shape index (κ1) is 39.2. The number of phenols is 1. The molecule has 0 saturated heterocycles. The van der Waals surface area contributed by atoms with Crippen LogP contribution in [0.3, 0.4) is 0 Å². The molecule has 20 nitrogen and oxygen atoms in total. The average molecular weight is 827 g/mol. The second-order valence-corrected chi connectivity index (χ2v) is 16.0. The number of nitrogens with zero attached hydrogens (tertiary/aromatic N) is 5. The fourth-order valence-electron chi connectivity index (χ4n) is 4.60. The van der Waals surface area contributed by atoms with Crippen molar-refractivity contribution in [3.05, 3.63) is 83.5 Å². The van der Waals surface area contributed by atoms with E-state index in [2.05, 4.69) is 51.8 Å². The Hall–Kier alpha value is -5.02. The number of halogens is 1. The van der Waals surface area contributed by atoms with Gasteiger partial charge in [-0.1, -0.05) is 17.7 Å². The first-order valence-corrected chi connectivity index (χ1v) is 19.7. The van der Waals surface area contributed by atoms with Crippen LogP contribution in [0.5, 0.6) is 5.75 Å². The number of azo groups is 1. The number of hydrogen-bond acceptors (Lipinski definition) is 19. The Bertz CT molecular complexity index is 2610. The fraction of sp³-hybridized carbons (Fsp3) is 0.0357. The molecule has 0 spiro atoms. The van der Waals surface area contributed by atoms with Crippen molar-refractivity contribution >= 4 is 105 Å². The van der Waals surface area contributed by atoms with Gasteiger partial charge in [-0.25, -0.2) is 13.7 Å². The molecule has 1 aromatic heterocycles. The van der Waals surface area contributed by atoms with Crippen molar-refractivity contribution in [1.29, 1.82) is 0 Å². The van der Waals surface area contributed by atoms with Gasteiger partial charge in [-0.05, 0) is 71.6 Å². The quantitative estimate of drug-likeness (QED) is 0.0131. The molecule has 0 amide bonds. The van der Waals surface area contributed by atoms with Crippen LogP contribution in [0.25, 0.3) is 10.8 Å². The lowest BCUT2D eigenvalue weighted by atomic mass is 10.0. The highest BCUT2D eigenvalue weighted by Gasteiger charge is 2.25. The Morgan fingerprint density at radius 2 is 1.49 bits per heavy atom. The second kappa shape index (κ2) is 15.5. The van der Waals surface area contributed by atoms with Gasteiger partial charge in [0.05, 0.1) is 21.7 Å². The van der Waals surface area contributed by atoms with Crippen LogP contribution in [0, 0.1) is 0 Å². The summed E-state index contributed by atoms with van der Waals surface area (Å²) in [4.78, 5) is 10.6. The molecule has 0 bridgehead atoms. The molecule has 0 aliphatic heterocycles. The van der Waals surface area contributed by atoms with E-state index < -0.39 is 62.6 Å². The van der Waals surface area contributed by atoms with Crippen LogP contribution in [-0.4, -0.2) is 59.7 Å². The van der Waals surface area contributed by atoms with Crippen molar-refractivity contribution < 1.29 is 54.1 Å². The van der Waals surface area contributed by atoms with E-state index in [1.807, 2.05) is 0 Å². The first-order valence-electron chi connectivity index (χ1n) is 14.0. The molecule has 278 valence electrons. The van der Waals surface area contributed by atoms with Crippen molar-refractivity contribution in [2.75, 3.05) is 16.4 Å². The van der Waals surface area contributed by atoms with E-state index in [0.717, 1.165) is 23.6 Å². The number of nitrogen functional groups attached to an aromatic ring is 1. The standard InChI is InChI=1S/C28H23ClN8O12S4/c1-2-51(40,41)17-7-4-15(5-8-17)31-27-33-26(29)34-28(35-27)32-16-6-10-20(22(12-16)53(45,46)47)36-37-24-19(30)9-3-14-11-21(52(42,43)44)18(13-50-49-48-39)25(38)23(14)24/h2-12,38-39H,1,13,30H2,(H,42,43,44)(H,45,46,47)(H2,31,32,33,34,35). The van der Waals surface area contributed by atoms with E-state index in [0.29, 0.717) is 17.7 Å². The normalized spacial score (nSPS) is 12.3. The van der Waals surface area contributed by atoms with Gasteiger partial charge >= 0.3 is 0 Å². The molecule has 0 atom stereocenters. The number of benzene rings is 4. The van der Waals surface area contributed by atoms with Crippen LogP contribution in [-0.2, 0) is 45.2 Å². The zero-order chi connectivity index (χ0) is 38.7. The molecule has 53 heavy (non-hydrogen) atoms. The van der Waals surface area contributed by atoms with E-state index in [-0.39, 0.29) is 49.9 Å². The Kier molecular flexibility index (Phi) is 11.5. The van der Waals surface area contributed by atoms with Crippen LogP contribution in [0.4, 0.5) is 40.3 Å². The Labute approximate surface area is 308 Å². The summed E-state index contributed by atoms with van der Waals surface area (Å²) in [6.45, 7) is 3.28. The summed E-state index contributed by atoms with van der Waals surface area (Å²) >= 11 is 6.42. The van der Waals surface area contributed by atoms with Gasteiger partial charge in [0.25, 0.3) is 20.2 Å². The van der Waals surface area contributed by atoms with Gasteiger partial charge in [-0.15, -0.1) is 14.6 Å². The Balaban J connectivity index is 1.49. The molecular weight excluding hydrogens is 804 g/mol. The number of anilines is 5. The number of fused-ring (bicyclic) bond motifs is 1. The SMILES string of the molecule is C=CS(=O)(=O)c1ccc(Nc2nc(Cl)nc(Nc3ccc(N=Nc4c(N)ccc5cc(S(=O)(=O)O)c(CSOOO)c(O)c45)c(S(=O)(=O)O)c3)n2)cc1. The number of sulfone groups is 1. The zero-order valence-electron chi connectivity index (χ0n) is 26.1. The number of nitrogens with two attached hydrogens (primary N) is 1. The number of hydrogen-bond donors (Lipinski definition) is 7. The fourth-order valence-corrected chi connectivity index (χ4v) is 7.46. The minimum absolute atomic E-state index is 0.00443. The lowest BCUT2D eigenvalue weighted by Gasteiger charge is -2.14. The predicted molar refractivity (Wildman–Crippen MR) is 192 cm³/mol. The minimum Gasteiger partial charge on any atom is -0.507 e. The minimum atomic E-state index is -4.99. The summed E-state index contributed by atoms with van der Waals surface area (Å²) in [6, 6.07) is 12.6. The van der Waals surface area contributed by atoms with Gasteiger partial charge in [0.15, 0.2) is 9.84 Å². The first-order chi connectivity index (χ1) is 24.9. The monoisotopic (exact) mass is 826 g/mol. The molecule has 0 fully saturated rings. The topological polar surface area (TPSA) is 315 Å². The smallest absolute Gasteiger partial charge is 0.296 e. The van der Waals surface area contributed by atoms with Crippen LogP contribution in [0.15, 0.2) is 97.6 Å². The molecule has 8 N–H and O–H groups in total. The number of rotatable bonds is 14. The van der Waals surface area contributed by atoms with Gasteiger partial charge in [0, 0.05) is 34.4 Å². The van der Waals surface area contributed by atoms with Gasteiger partial charge < -0.3 is 21.5 Å². The molecule has 0 saturated carbocycles. The largest absolute Gasteiger partial charge is 0.507 e. The van der Waals surface area contributed by atoms with Gasteiger partial charge in [0.1, 0.15) is 26.9 Å². The third kappa shape index (κ3) is 9.14. The summed E-state index contributed by atoms with van der Waals surface area (Å²) < 4.78 is 97.1. The van der Waals surface area contributed by atoms with Crippen molar-refractivity contribution in [3.8, 4) is 5.75 Å². The molecule has 0 aliphatic carbocycles. The number of aromatic nitrogens is 3. The third-order valence-corrected chi connectivity index (χ3v) is 10.8. The predicted octanol–water partition coefficient (Wildman–Crippen LogP) is 5.85. The molecule has 0 radical (unpaired) electrons. The van der Waals surface area contributed by atoms with Crippen LogP contribution >= 0.6 is 23.6 Å². The Morgan fingerprint density at radius 3 is 2.09 bits per heavy atom. The summed E-state index contributed by atoms with van der Waals surface area (Å²) in [7, 11) is -13.5. The van der Waals surface area contributed by atoms with Crippen LogP contribution in [0.2, 0.25) is 5.28 Å². The highest BCUT2D eigenvalue weighted by molar-refractivity contribution is 7.94. The highest BCUT2D eigenvalue weighted by Crippen LogP contribution is 2.44. The molecule has 4 aromatic carbocycles. The molecular formula is C28H23ClN8O12S4. The van der Waals surface area contributed by atoms with Crippen molar-refractivity contribution in [2.24, 2.45) is 10.2 Å². The maximum atomic E-state index is 12.4.